The summed E-state index contributed by atoms with van der Waals surface area (Å²) in [6, 6.07) is 4.15. The van der Waals surface area contributed by atoms with Crippen molar-refractivity contribution in [1.82, 2.24) is 4.90 Å². The van der Waals surface area contributed by atoms with Crippen molar-refractivity contribution < 1.29 is 19.6 Å². The molecule has 0 aliphatic carbocycles. The van der Waals surface area contributed by atoms with Crippen LogP contribution in [-0.4, -0.2) is 39.9 Å². The van der Waals surface area contributed by atoms with Crippen LogP contribution < -0.4 is 0 Å². The minimum atomic E-state index is -0.989. The van der Waals surface area contributed by atoms with Crippen LogP contribution in [0.4, 0.5) is 5.69 Å². The van der Waals surface area contributed by atoms with Gasteiger partial charge in [0.25, 0.3) is 11.6 Å². The van der Waals surface area contributed by atoms with Crippen molar-refractivity contribution in [3.8, 4) is 0 Å². The largest absolute Gasteiger partial charge is 0.481 e. The number of carbonyl (C=O) groups is 2. The lowest BCUT2D eigenvalue weighted by Crippen LogP contribution is -2.36. The van der Waals surface area contributed by atoms with Crippen molar-refractivity contribution >= 4 is 17.6 Å². The smallest absolute Gasteiger partial charge is 0.308 e. The average Bonchev–Trinajstić information content (AvgIpc) is 2.42. The fourth-order valence-electron chi connectivity index (χ4n) is 1.94. The number of hydrogen-bond donors (Lipinski definition) is 1. The number of hydrogen-bond acceptors (Lipinski definition) is 4. The molecule has 0 radical (unpaired) electrons. The van der Waals surface area contributed by atoms with Gasteiger partial charge in [0.05, 0.1) is 10.8 Å². The third-order valence-electron chi connectivity index (χ3n) is 3.10. The van der Waals surface area contributed by atoms with Gasteiger partial charge >= 0.3 is 5.97 Å². The second kappa shape index (κ2) is 6.83. The third-order valence-corrected chi connectivity index (χ3v) is 3.10. The zero-order valence-electron chi connectivity index (χ0n) is 12.2. The number of nitrogens with zero attached hydrogens (tertiary/aromatic N) is 2. The number of aryl methyl sites for hydroxylation is 1. The van der Waals surface area contributed by atoms with Crippen LogP contribution in [0.2, 0.25) is 0 Å². The summed E-state index contributed by atoms with van der Waals surface area (Å²) >= 11 is 0. The molecule has 0 saturated heterocycles. The summed E-state index contributed by atoms with van der Waals surface area (Å²) in [6.07, 6.45) is 0. The fourth-order valence-corrected chi connectivity index (χ4v) is 1.94. The van der Waals surface area contributed by atoms with Gasteiger partial charge < -0.3 is 10.0 Å². The first-order chi connectivity index (χ1) is 9.76. The van der Waals surface area contributed by atoms with Crippen LogP contribution in [0.3, 0.4) is 0 Å². The molecular formula is C14H18N2O5. The monoisotopic (exact) mass is 294 g/mol. The summed E-state index contributed by atoms with van der Waals surface area (Å²) in [4.78, 5) is 34.9. The highest BCUT2D eigenvalue weighted by molar-refractivity contribution is 5.95. The molecule has 1 aromatic rings. The van der Waals surface area contributed by atoms with Crippen LogP contribution in [0.5, 0.6) is 0 Å². The molecule has 0 fully saturated rings. The molecule has 0 aliphatic rings. The normalized spacial score (nSPS) is 11.8. The summed E-state index contributed by atoms with van der Waals surface area (Å²) in [5, 5.41) is 19.7. The predicted molar refractivity (Wildman–Crippen MR) is 76.2 cm³/mol. The van der Waals surface area contributed by atoms with Crippen LogP contribution in [0.1, 0.15) is 29.8 Å². The number of benzene rings is 1. The van der Waals surface area contributed by atoms with Gasteiger partial charge in [-0.2, -0.15) is 0 Å². The van der Waals surface area contributed by atoms with E-state index in [0.29, 0.717) is 12.1 Å². The average molecular weight is 294 g/mol. The van der Waals surface area contributed by atoms with E-state index in [-0.39, 0.29) is 17.8 Å². The van der Waals surface area contributed by atoms with Crippen LogP contribution in [0, 0.1) is 23.0 Å². The van der Waals surface area contributed by atoms with Gasteiger partial charge in [-0.15, -0.1) is 0 Å². The van der Waals surface area contributed by atoms with Gasteiger partial charge in [0.15, 0.2) is 0 Å². The molecule has 21 heavy (non-hydrogen) atoms. The number of carboxylic acids is 1. The number of carboxylic acid groups (broad SMARTS) is 1. The van der Waals surface area contributed by atoms with Gasteiger partial charge in [0, 0.05) is 30.8 Å². The van der Waals surface area contributed by atoms with Gasteiger partial charge in [-0.1, -0.05) is 6.92 Å². The lowest BCUT2D eigenvalue weighted by atomic mass is 10.1. The van der Waals surface area contributed by atoms with Gasteiger partial charge in [0.1, 0.15) is 0 Å². The van der Waals surface area contributed by atoms with E-state index in [2.05, 4.69) is 0 Å². The molecule has 1 unspecified atom stereocenters. The standard InChI is InChI=1S/C14H18N2O5/c1-4-15(8-10(3)14(18)19)13(17)11-5-9(2)6-12(7-11)16(20)21/h5-7,10H,4,8H2,1-3H3,(H,18,19). The molecule has 7 nitrogen and oxygen atoms in total. The number of carbonyl (C=O) groups excluding carboxylic acids is 1. The minimum Gasteiger partial charge on any atom is -0.481 e. The van der Waals surface area contributed by atoms with Crippen molar-refractivity contribution in [3.05, 3.63) is 39.4 Å². The Morgan fingerprint density at radius 1 is 1.38 bits per heavy atom. The SMILES string of the molecule is CCN(CC(C)C(=O)O)C(=O)c1cc(C)cc([N+](=O)[O-])c1. The second-order valence-electron chi connectivity index (χ2n) is 4.90. The van der Waals surface area contributed by atoms with Crippen LogP contribution in [0.25, 0.3) is 0 Å². The second-order valence-corrected chi connectivity index (χ2v) is 4.90. The molecule has 1 N–H and O–H groups in total. The van der Waals surface area contributed by atoms with E-state index in [1.807, 2.05) is 0 Å². The molecule has 0 saturated carbocycles. The lowest BCUT2D eigenvalue weighted by Gasteiger charge is -2.23. The molecule has 0 spiro atoms. The summed E-state index contributed by atoms with van der Waals surface area (Å²) < 4.78 is 0. The summed E-state index contributed by atoms with van der Waals surface area (Å²) in [5.41, 5.74) is 0.650. The number of rotatable bonds is 6. The predicted octanol–water partition coefficient (Wildman–Crippen LogP) is 2.09. The van der Waals surface area contributed by atoms with E-state index in [1.165, 1.54) is 24.0 Å². The lowest BCUT2D eigenvalue weighted by molar-refractivity contribution is -0.384. The Morgan fingerprint density at radius 3 is 2.48 bits per heavy atom. The van der Waals surface area contributed by atoms with E-state index >= 15 is 0 Å². The van der Waals surface area contributed by atoms with Crippen LogP contribution in [-0.2, 0) is 4.79 Å². The first-order valence-corrected chi connectivity index (χ1v) is 6.54. The maximum absolute atomic E-state index is 12.4. The van der Waals surface area contributed by atoms with Crippen molar-refractivity contribution in [2.24, 2.45) is 5.92 Å². The number of aliphatic carboxylic acids is 1. The zero-order valence-corrected chi connectivity index (χ0v) is 12.2. The molecule has 114 valence electrons. The number of non-ortho nitro benzene ring substituents is 1. The van der Waals surface area contributed by atoms with E-state index in [9.17, 15) is 19.7 Å². The number of nitro groups is 1. The number of nitro benzene ring substituents is 1. The van der Waals surface area contributed by atoms with E-state index in [1.54, 1.807) is 19.9 Å². The highest BCUT2D eigenvalue weighted by atomic mass is 16.6. The van der Waals surface area contributed by atoms with Crippen molar-refractivity contribution in [2.75, 3.05) is 13.1 Å². The molecular weight excluding hydrogens is 276 g/mol. The van der Waals surface area contributed by atoms with Gasteiger partial charge in [0.2, 0.25) is 0 Å². The molecule has 0 aromatic heterocycles. The topological polar surface area (TPSA) is 101 Å². The maximum atomic E-state index is 12.4. The fraction of sp³-hybridized carbons (Fsp3) is 0.429. The zero-order chi connectivity index (χ0) is 16.2. The molecule has 7 heteroatoms. The maximum Gasteiger partial charge on any atom is 0.308 e. The molecule has 0 heterocycles. The van der Waals surface area contributed by atoms with E-state index < -0.39 is 22.7 Å². The molecule has 0 bridgehead atoms. The Hall–Kier alpha value is -2.44. The van der Waals surface area contributed by atoms with E-state index in [4.69, 9.17) is 5.11 Å². The Balaban J connectivity index is 3.05. The Labute approximate surface area is 122 Å². The number of amides is 1. The molecule has 1 atom stereocenters. The Kier molecular flexibility index (Phi) is 5.40. The summed E-state index contributed by atoms with van der Waals surface area (Å²) in [5.74, 6) is -2.09. The molecule has 1 amide bonds. The van der Waals surface area contributed by atoms with Crippen LogP contribution >= 0.6 is 0 Å². The van der Waals surface area contributed by atoms with Crippen molar-refractivity contribution in [1.29, 1.82) is 0 Å². The first kappa shape index (κ1) is 16.6. The van der Waals surface area contributed by atoms with Gasteiger partial charge in [-0.3, -0.25) is 19.7 Å². The highest BCUT2D eigenvalue weighted by Crippen LogP contribution is 2.18. The van der Waals surface area contributed by atoms with Crippen LogP contribution in [0.15, 0.2) is 18.2 Å². The summed E-state index contributed by atoms with van der Waals surface area (Å²) in [6.45, 7) is 5.30. The quantitative estimate of drug-likeness (QED) is 0.639. The third kappa shape index (κ3) is 4.27. The van der Waals surface area contributed by atoms with Crippen molar-refractivity contribution in [2.45, 2.75) is 20.8 Å². The molecule has 0 aliphatic heterocycles. The summed E-state index contributed by atoms with van der Waals surface area (Å²) in [7, 11) is 0. The minimum absolute atomic E-state index is 0.0619. The first-order valence-electron chi connectivity index (χ1n) is 6.54. The highest BCUT2D eigenvalue weighted by Gasteiger charge is 2.22. The Bertz CT molecular complexity index is 570. The van der Waals surface area contributed by atoms with E-state index in [0.717, 1.165) is 0 Å². The van der Waals surface area contributed by atoms with Gasteiger partial charge in [-0.25, -0.2) is 0 Å². The Morgan fingerprint density at radius 2 is 2.00 bits per heavy atom. The van der Waals surface area contributed by atoms with Gasteiger partial charge in [-0.05, 0) is 25.5 Å². The molecule has 1 aromatic carbocycles. The molecule has 1 rings (SSSR count). The van der Waals surface area contributed by atoms with Crippen molar-refractivity contribution in [3.63, 3.8) is 0 Å².